The van der Waals surface area contributed by atoms with Crippen LogP contribution >= 0.6 is 34.8 Å². The molecule has 0 saturated carbocycles. The molecule has 7 heteroatoms. The lowest BCUT2D eigenvalue weighted by Crippen LogP contribution is -2.48. The molecule has 1 aliphatic rings. The molecule has 4 rings (SSSR count). The molecule has 0 atom stereocenters. The summed E-state index contributed by atoms with van der Waals surface area (Å²) >= 11 is 18.4. The lowest BCUT2D eigenvalue weighted by molar-refractivity contribution is 0.0628. The van der Waals surface area contributed by atoms with Crippen molar-refractivity contribution in [2.24, 2.45) is 0 Å². The van der Waals surface area contributed by atoms with E-state index >= 15 is 0 Å². The van der Waals surface area contributed by atoms with Gasteiger partial charge in [-0.25, -0.2) is 0 Å². The van der Waals surface area contributed by atoms with Crippen LogP contribution in [0.5, 0.6) is 5.75 Å². The number of amides is 1. The molecule has 0 spiro atoms. The number of carbonyl (C=O) groups excluding carboxylic acids is 1. The Bertz CT molecular complexity index is 1100. The average molecular weight is 490 g/mol. The van der Waals surface area contributed by atoms with Gasteiger partial charge < -0.3 is 9.64 Å². The lowest BCUT2D eigenvalue weighted by Gasteiger charge is -2.35. The molecule has 32 heavy (non-hydrogen) atoms. The number of nitrogens with zero attached hydrogens (tertiary/aromatic N) is 2. The fraction of sp³-hybridized carbons (Fsp3) is 0.240. The van der Waals surface area contributed by atoms with E-state index in [0.29, 0.717) is 46.1 Å². The number of para-hydroxylation sites is 1. The van der Waals surface area contributed by atoms with Crippen LogP contribution in [-0.2, 0) is 13.2 Å². The summed E-state index contributed by atoms with van der Waals surface area (Å²) in [7, 11) is 0. The molecule has 0 N–H and O–H groups in total. The van der Waals surface area contributed by atoms with E-state index < -0.39 is 0 Å². The van der Waals surface area contributed by atoms with Crippen LogP contribution in [0, 0.1) is 0 Å². The number of halogens is 3. The van der Waals surface area contributed by atoms with Crippen LogP contribution in [-0.4, -0.2) is 41.9 Å². The molecule has 0 bridgehead atoms. The Balaban J connectivity index is 1.33. The topological polar surface area (TPSA) is 32.8 Å². The Morgan fingerprint density at radius 3 is 2.38 bits per heavy atom. The van der Waals surface area contributed by atoms with E-state index in [1.165, 1.54) is 0 Å². The first-order valence-electron chi connectivity index (χ1n) is 10.4. The number of hydrogen-bond acceptors (Lipinski definition) is 3. The van der Waals surface area contributed by atoms with Gasteiger partial charge >= 0.3 is 0 Å². The smallest absolute Gasteiger partial charge is 0.253 e. The summed E-state index contributed by atoms with van der Waals surface area (Å²) in [5.74, 6) is 0.663. The minimum atomic E-state index is 0.0359. The van der Waals surface area contributed by atoms with Gasteiger partial charge in [0.05, 0.1) is 5.02 Å². The van der Waals surface area contributed by atoms with E-state index in [1.807, 2.05) is 59.5 Å². The van der Waals surface area contributed by atoms with E-state index in [0.717, 1.165) is 30.8 Å². The van der Waals surface area contributed by atoms with Gasteiger partial charge in [0.25, 0.3) is 5.91 Å². The van der Waals surface area contributed by atoms with Crippen LogP contribution in [0.2, 0.25) is 15.1 Å². The molecular formula is C25H23Cl3N2O2. The summed E-state index contributed by atoms with van der Waals surface area (Å²) in [6, 6.07) is 20.5. The number of ether oxygens (including phenoxy) is 1. The highest BCUT2D eigenvalue weighted by molar-refractivity contribution is 6.35. The first kappa shape index (κ1) is 22.9. The Morgan fingerprint density at radius 1 is 0.844 bits per heavy atom. The van der Waals surface area contributed by atoms with Gasteiger partial charge in [0.1, 0.15) is 12.4 Å². The maximum atomic E-state index is 13.0. The molecule has 1 fully saturated rings. The summed E-state index contributed by atoms with van der Waals surface area (Å²) in [6.07, 6.45) is 0. The first-order valence-corrected chi connectivity index (χ1v) is 11.5. The van der Waals surface area contributed by atoms with E-state index in [9.17, 15) is 4.79 Å². The fourth-order valence-electron chi connectivity index (χ4n) is 3.70. The number of hydrogen-bond donors (Lipinski definition) is 0. The van der Waals surface area contributed by atoms with E-state index in [2.05, 4.69) is 4.90 Å². The van der Waals surface area contributed by atoms with Crippen molar-refractivity contribution in [3.63, 3.8) is 0 Å². The summed E-state index contributed by atoms with van der Waals surface area (Å²) in [5.41, 5.74) is 2.63. The third-order valence-electron chi connectivity index (χ3n) is 5.47. The van der Waals surface area contributed by atoms with Crippen LogP contribution in [0.1, 0.15) is 21.5 Å². The van der Waals surface area contributed by atoms with Crippen molar-refractivity contribution in [3.8, 4) is 5.75 Å². The predicted octanol–water partition coefficient (Wildman–Crippen LogP) is 6.18. The second-order valence-corrected chi connectivity index (χ2v) is 8.97. The van der Waals surface area contributed by atoms with Crippen molar-refractivity contribution in [1.82, 2.24) is 9.80 Å². The van der Waals surface area contributed by atoms with E-state index in [1.54, 1.807) is 12.1 Å². The molecule has 3 aromatic carbocycles. The summed E-state index contributed by atoms with van der Waals surface area (Å²) in [6.45, 7) is 4.02. The zero-order chi connectivity index (χ0) is 22.5. The lowest BCUT2D eigenvalue weighted by atomic mass is 10.1. The van der Waals surface area contributed by atoms with Gasteiger partial charge in [-0.15, -0.1) is 0 Å². The number of benzene rings is 3. The molecule has 166 valence electrons. The van der Waals surface area contributed by atoms with Crippen molar-refractivity contribution in [2.45, 2.75) is 13.2 Å². The van der Waals surface area contributed by atoms with Crippen LogP contribution < -0.4 is 4.74 Å². The second kappa shape index (κ2) is 10.6. The van der Waals surface area contributed by atoms with Gasteiger partial charge in [0.2, 0.25) is 0 Å². The molecule has 0 radical (unpaired) electrons. The maximum absolute atomic E-state index is 13.0. The van der Waals surface area contributed by atoms with Crippen molar-refractivity contribution < 1.29 is 9.53 Å². The molecule has 1 heterocycles. The third-order valence-corrected chi connectivity index (χ3v) is 6.37. The number of carbonyl (C=O) groups is 1. The van der Waals surface area contributed by atoms with Gasteiger partial charge in [0, 0.05) is 48.3 Å². The van der Waals surface area contributed by atoms with Crippen molar-refractivity contribution in [2.75, 3.05) is 26.2 Å². The Kier molecular flexibility index (Phi) is 7.59. The first-order chi connectivity index (χ1) is 15.5. The summed E-state index contributed by atoms with van der Waals surface area (Å²) in [5, 5.41) is 1.87. The molecule has 3 aromatic rings. The fourth-order valence-corrected chi connectivity index (χ4v) is 4.36. The molecule has 0 aromatic heterocycles. The molecular weight excluding hydrogens is 467 g/mol. The van der Waals surface area contributed by atoms with E-state index in [-0.39, 0.29) is 5.91 Å². The normalized spacial score (nSPS) is 14.4. The van der Waals surface area contributed by atoms with Gasteiger partial charge in [-0.1, -0.05) is 65.1 Å². The Hall–Kier alpha value is -2.24. The molecule has 0 unspecified atom stereocenters. The van der Waals surface area contributed by atoms with Crippen LogP contribution in [0.4, 0.5) is 0 Å². The monoisotopic (exact) mass is 488 g/mol. The standard InChI is InChI=1S/C25H23Cl3N2O2/c26-21-9-8-20(23(28)15-21)16-29-10-12-30(13-11-29)25(31)19-5-3-4-18(14-19)17-32-24-7-2-1-6-22(24)27/h1-9,14-15H,10-13,16-17H2. The van der Waals surface area contributed by atoms with Gasteiger partial charge in [0.15, 0.2) is 0 Å². The molecule has 1 amide bonds. The van der Waals surface area contributed by atoms with Crippen LogP contribution in [0.15, 0.2) is 66.7 Å². The SMILES string of the molecule is O=C(c1cccc(COc2ccccc2Cl)c1)N1CCN(Cc2ccc(Cl)cc2Cl)CC1. The molecule has 1 saturated heterocycles. The third kappa shape index (κ3) is 5.76. The minimum absolute atomic E-state index is 0.0359. The quantitative estimate of drug-likeness (QED) is 0.414. The van der Waals surface area contributed by atoms with Gasteiger partial charge in [-0.2, -0.15) is 0 Å². The van der Waals surface area contributed by atoms with E-state index in [4.69, 9.17) is 39.5 Å². The van der Waals surface area contributed by atoms with Gasteiger partial charge in [-0.3, -0.25) is 9.69 Å². The minimum Gasteiger partial charge on any atom is -0.487 e. The summed E-state index contributed by atoms with van der Waals surface area (Å²) < 4.78 is 5.81. The Morgan fingerprint density at radius 2 is 1.62 bits per heavy atom. The summed E-state index contributed by atoms with van der Waals surface area (Å²) in [4.78, 5) is 17.2. The van der Waals surface area contributed by atoms with Gasteiger partial charge in [-0.05, 0) is 47.5 Å². The molecule has 1 aliphatic heterocycles. The largest absolute Gasteiger partial charge is 0.487 e. The van der Waals surface area contributed by atoms with Crippen LogP contribution in [0.25, 0.3) is 0 Å². The number of piperazine rings is 1. The highest BCUT2D eigenvalue weighted by Gasteiger charge is 2.23. The van der Waals surface area contributed by atoms with Crippen molar-refractivity contribution in [1.29, 1.82) is 0 Å². The van der Waals surface area contributed by atoms with Crippen LogP contribution in [0.3, 0.4) is 0 Å². The molecule has 4 nitrogen and oxygen atoms in total. The predicted molar refractivity (Wildman–Crippen MR) is 130 cm³/mol. The highest BCUT2D eigenvalue weighted by atomic mass is 35.5. The zero-order valence-corrected chi connectivity index (χ0v) is 19.7. The van der Waals surface area contributed by atoms with Crippen molar-refractivity contribution >= 4 is 40.7 Å². The second-order valence-electron chi connectivity index (χ2n) is 7.72. The number of rotatable bonds is 6. The highest BCUT2D eigenvalue weighted by Crippen LogP contribution is 2.25. The maximum Gasteiger partial charge on any atom is 0.253 e. The van der Waals surface area contributed by atoms with Crippen molar-refractivity contribution in [3.05, 3.63) is 98.5 Å². The zero-order valence-electron chi connectivity index (χ0n) is 17.4. The molecule has 0 aliphatic carbocycles. The Labute approximate surface area is 203 Å². The average Bonchev–Trinajstić information content (AvgIpc) is 2.80.